The summed E-state index contributed by atoms with van der Waals surface area (Å²) in [7, 11) is 1.67. The lowest BCUT2D eigenvalue weighted by Gasteiger charge is -2.47. The van der Waals surface area contributed by atoms with Gasteiger partial charge in [-0.15, -0.1) is 0 Å². The molecule has 7 heteroatoms. The summed E-state index contributed by atoms with van der Waals surface area (Å²) in [5.74, 6) is -1.43. The van der Waals surface area contributed by atoms with Gasteiger partial charge in [-0.25, -0.2) is 13.6 Å². The number of primary amides is 1. The highest BCUT2D eigenvalue weighted by Crippen LogP contribution is 2.42. The molecule has 1 fully saturated rings. The quantitative estimate of drug-likeness (QED) is 0.801. The van der Waals surface area contributed by atoms with Crippen molar-refractivity contribution in [2.75, 3.05) is 13.6 Å². The van der Waals surface area contributed by atoms with Gasteiger partial charge >= 0.3 is 6.03 Å². The van der Waals surface area contributed by atoms with E-state index in [1.54, 1.807) is 24.1 Å². The Morgan fingerprint density at radius 1 is 1.03 bits per heavy atom. The fraction of sp³-hybridized carbons (Fsp3) is 0.364. The highest BCUT2D eigenvalue weighted by molar-refractivity contribution is 5.85. The summed E-state index contributed by atoms with van der Waals surface area (Å²) < 4.78 is 29.5. The maximum atomic E-state index is 14.7. The minimum Gasteiger partial charge on any atom is -0.351 e. The molecular formula is C22H23F2N3O2. The summed E-state index contributed by atoms with van der Waals surface area (Å²) in [5, 5.41) is 0. The molecule has 1 aliphatic heterocycles. The van der Waals surface area contributed by atoms with Gasteiger partial charge in [-0.3, -0.25) is 4.79 Å². The molecule has 1 saturated heterocycles. The van der Waals surface area contributed by atoms with Gasteiger partial charge in [-0.1, -0.05) is 24.3 Å². The molecule has 29 heavy (non-hydrogen) atoms. The van der Waals surface area contributed by atoms with Gasteiger partial charge < -0.3 is 15.5 Å². The number of rotatable bonds is 1. The molecule has 0 aromatic heterocycles. The lowest BCUT2D eigenvalue weighted by atomic mass is 9.78. The predicted octanol–water partition coefficient (Wildman–Crippen LogP) is 2.81. The number of carbonyl (C=O) groups excluding carboxylic acids is 2. The Kier molecular flexibility index (Phi) is 4.76. The predicted molar refractivity (Wildman–Crippen MR) is 104 cm³/mol. The molecule has 2 N–H and O–H groups in total. The first-order valence-corrected chi connectivity index (χ1v) is 9.67. The van der Waals surface area contributed by atoms with Crippen LogP contribution in [0.2, 0.25) is 0 Å². The molecule has 2 unspecified atom stereocenters. The monoisotopic (exact) mass is 399 g/mol. The number of halogens is 2. The molecule has 2 aromatic rings. The fourth-order valence-electron chi connectivity index (χ4n) is 4.81. The van der Waals surface area contributed by atoms with Crippen LogP contribution in [0.25, 0.3) is 0 Å². The van der Waals surface area contributed by atoms with Crippen molar-refractivity contribution in [1.82, 2.24) is 9.80 Å². The zero-order chi connectivity index (χ0) is 20.9. The van der Waals surface area contributed by atoms with Crippen molar-refractivity contribution in [2.45, 2.75) is 37.8 Å². The van der Waals surface area contributed by atoms with Crippen LogP contribution < -0.4 is 5.73 Å². The molecule has 2 atom stereocenters. The molecule has 0 radical (unpaired) electrons. The van der Waals surface area contributed by atoms with Gasteiger partial charge in [0, 0.05) is 13.0 Å². The molecule has 1 aliphatic carbocycles. The van der Waals surface area contributed by atoms with Crippen LogP contribution in [0.4, 0.5) is 13.6 Å². The number of hydrogen-bond donors (Lipinski definition) is 1. The van der Waals surface area contributed by atoms with Crippen LogP contribution in [0, 0.1) is 11.6 Å². The van der Waals surface area contributed by atoms with Crippen LogP contribution in [-0.4, -0.2) is 47.4 Å². The van der Waals surface area contributed by atoms with Crippen molar-refractivity contribution in [1.29, 1.82) is 0 Å². The molecule has 1 heterocycles. The lowest BCUT2D eigenvalue weighted by Crippen LogP contribution is -2.64. The number of fused-ring (bicyclic) bond motifs is 2. The van der Waals surface area contributed by atoms with Crippen LogP contribution in [0.1, 0.15) is 35.1 Å². The summed E-state index contributed by atoms with van der Waals surface area (Å²) in [6.45, 7) is 1.67. The standard InChI is InChI=1S/C22H23F2N3O2/c1-12-21(27(22(25)29)11-19(28)26(12)2)20-15-5-3-7-17(23)13(15)9-10-14-16(20)6-4-8-18(14)24/h3-8,12,20-21H,9-11H2,1-2H3,(H2,25,29). The van der Waals surface area contributed by atoms with Gasteiger partial charge in [-0.2, -0.15) is 0 Å². The van der Waals surface area contributed by atoms with Gasteiger partial charge in [-0.05, 0) is 54.2 Å². The SMILES string of the molecule is CC1C(C2c3cccc(F)c3CCc3c(F)cccc32)N(C(N)=O)CC(=O)N1C. The van der Waals surface area contributed by atoms with E-state index in [0.717, 1.165) is 0 Å². The molecular weight excluding hydrogens is 376 g/mol. The number of likely N-dealkylation sites (N-methyl/N-ethyl adjacent to an activating group) is 1. The molecule has 5 nitrogen and oxygen atoms in total. The number of piperazine rings is 1. The molecule has 4 rings (SSSR count). The Bertz CT molecular complexity index is 941. The van der Waals surface area contributed by atoms with Crippen LogP contribution in [0.3, 0.4) is 0 Å². The van der Waals surface area contributed by atoms with E-state index in [2.05, 4.69) is 0 Å². The van der Waals surface area contributed by atoms with E-state index in [1.165, 1.54) is 17.0 Å². The molecule has 152 valence electrons. The van der Waals surface area contributed by atoms with E-state index >= 15 is 0 Å². The normalized spacial score (nSPS) is 22.1. The van der Waals surface area contributed by atoms with Crippen LogP contribution in [0.15, 0.2) is 36.4 Å². The average Bonchev–Trinajstić information content (AvgIpc) is 2.85. The highest BCUT2D eigenvalue weighted by Gasteiger charge is 2.45. The second-order valence-corrected chi connectivity index (χ2v) is 7.79. The van der Waals surface area contributed by atoms with Gasteiger partial charge in [0.05, 0.1) is 12.1 Å². The Morgan fingerprint density at radius 3 is 2.03 bits per heavy atom. The first-order valence-electron chi connectivity index (χ1n) is 9.67. The number of amides is 3. The van der Waals surface area contributed by atoms with Crippen LogP contribution in [-0.2, 0) is 17.6 Å². The van der Waals surface area contributed by atoms with Crippen LogP contribution in [0.5, 0.6) is 0 Å². The van der Waals surface area contributed by atoms with E-state index in [9.17, 15) is 18.4 Å². The number of nitrogens with zero attached hydrogens (tertiary/aromatic N) is 2. The minimum absolute atomic E-state index is 0.160. The minimum atomic E-state index is -0.719. The zero-order valence-electron chi connectivity index (χ0n) is 16.4. The van der Waals surface area contributed by atoms with E-state index in [0.29, 0.717) is 35.1 Å². The first-order chi connectivity index (χ1) is 13.8. The smallest absolute Gasteiger partial charge is 0.315 e. The maximum absolute atomic E-state index is 14.7. The summed E-state index contributed by atoms with van der Waals surface area (Å²) in [4.78, 5) is 27.6. The van der Waals surface area contributed by atoms with E-state index in [1.807, 2.05) is 19.1 Å². The third-order valence-corrected chi connectivity index (χ3v) is 6.39. The summed E-state index contributed by atoms with van der Waals surface area (Å²) in [6, 6.07) is 8.04. The van der Waals surface area contributed by atoms with Gasteiger partial charge in [0.25, 0.3) is 0 Å². The molecule has 2 aromatic carbocycles. The number of benzene rings is 2. The lowest BCUT2D eigenvalue weighted by molar-refractivity contribution is -0.138. The van der Waals surface area contributed by atoms with Crippen molar-refractivity contribution in [2.24, 2.45) is 5.73 Å². The first kappa shape index (κ1) is 19.4. The molecule has 0 saturated carbocycles. The van der Waals surface area contributed by atoms with E-state index in [-0.39, 0.29) is 30.1 Å². The third kappa shape index (κ3) is 3.05. The molecule has 0 bridgehead atoms. The number of hydrogen-bond acceptors (Lipinski definition) is 2. The maximum Gasteiger partial charge on any atom is 0.315 e. The summed E-state index contributed by atoms with van der Waals surface area (Å²) in [5.41, 5.74) is 8.09. The van der Waals surface area contributed by atoms with Crippen molar-refractivity contribution in [3.63, 3.8) is 0 Å². The van der Waals surface area contributed by atoms with Crippen molar-refractivity contribution in [3.05, 3.63) is 70.3 Å². The van der Waals surface area contributed by atoms with Crippen molar-refractivity contribution in [3.8, 4) is 0 Å². The topological polar surface area (TPSA) is 66.6 Å². The van der Waals surface area contributed by atoms with Crippen molar-refractivity contribution >= 4 is 11.9 Å². The van der Waals surface area contributed by atoms with Crippen LogP contribution >= 0.6 is 0 Å². The largest absolute Gasteiger partial charge is 0.351 e. The number of carbonyl (C=O) groups is 2. The summed E-state index contributed by atoms with van der Waals surface area (Å²) in [6.07, 6.45) is 0.720. The Hall–Kier alpha value is -2.96. The van der Waals surface area contributed by atoms with Crippen molar-refractivity contribution < 1.29 is 18.4 Å². The Labute approximate surface area is 168 Å². The average molecular weight is 399 g/mol. The highest BCUT2D eigenvalue weighted by atomic mass is 19.1. The van der Waals surface area contributed by atoms with Gasteiger partial charge in [0.2, 0.25) is 5.91 Å². The van der Waals surface area contributed by atoms with Gasteiger partial charge in [0.1, 0.15) is 18.2 Å². The second-order valence-electron chi connectivity index (χ2n) is 7.79. The summed E-state index contributed by atoms with van der Waals surface area (Å²) >= 11 is 0. The Balaban J connectivity index is 1.98. The third-order valence-electron chi connectivity index (χ3n) is 6.39. The number of nitrogens with two attached hydrogens (primary N) is 1. The Morgan fingerprint density at radius 2 is 1.55 bits per heavy atom. The zero-order valence-corrected chi connectivity index (χ0v) is 16.4. The number of urea groups is 1. The molecule has 3 amide bonds. The van der Waals surface area contributed by atoms with Gasteiger partial charge in [0.15, 0.2) is 0 Å². The molecule has 2 aliphatic rings. The van der Waals surface area contributed by atoms with E-state index in [4.69, 9.17) is 5.73 Å². The molecule has 0 spiro atoms. The second kappa shape index (κ2) is 7.13. The van der Waals surface area contributed by atoms with E-state index < -0.39 is 18.0 Å². The fourth-order valence-corrected chi connectivity index (χ4v) is 4.81.